The fourth-order valence-corrected chi connectivity index (χ4v) is 3.58. The lowest BCUT2D eigenvalue weighted by Crippen LogP contribution is -2.35. The van der Waals surface area contributed by atoms with Crippen molar-refractivity contribution in [3.05, 3.63) is 59.7 Å². The molecular formula is C21H20F3N5O3. The van der Waals surface area contributed by atoms with Crippen molar-refractivity contribution in [1.82, 2.24) is 9.78 Å². The zero-order valence-corrected chi connectivity index (χ0v) is 17.2. The molecule has 32 heavy (non-hydrogen) atoms. The number of furan rings is 1. The Morgan fingerprint density at radius 3 is 2.66 bits per heavy atom. The third-order valence-electron chi connectivity index (χ3n) is 5.12. The average Bonchev–Trinajstić information content (AvgIpc) is 3.38. The van der Waals surface area contributed by atoms with Gasteiger partial charge in [0.25, 0.3) is 5.91 Å². The first kappa shape index (κ1) is 21.5. The maximum absolute atomic E-state index is 13.7. The molecule has 1 aliphatic rings. The first-order valence-electron chi connectivity index (χ1n) is 9.77. The third-order valence-corrected chi connectivity index (χ3v) is 5.12. The molecule has 2 aromatic heterocycles. The molecule has 2 amide bonds. The van der Waals surface area contributed by atoms with E-state index in [0.717, 1.165) is 10.2 Å². The molecule has 8 nitrogen and oxygen atoms in total. The van der Waals surface area contributed by atoms with Crippen molar-refractivity contribution in [2.75, 3.05) is 16.0 Å². The van der Waals surface area contributed by atoms with Crippen LogP contribution in [0.2, 0.25) is 0 Å². The zero-order valence-electron chi connectivity index (χ0n) is 17.2. The summed E-state index contributed by atoms with van der Waals surface area (Å²) in [6.07, 6.45) is -3.50. The van der Waals surface area contributed by atoms with Crippen LogP contribution >= 0.6 is 0 Å². The Labute approximate surface area is 180 Å². The van der Waals surface area contributed by atoms with Gasteiger partial charge in [0, 0.05) is 30.8 Å². The van der Waals surface area contributed by atoms with Crippen LogP contribution in [0, 0.1) is 6.92 Å². The van der Waals surface area contributed by atoms with E-state index in [4.69, 9.17) is 4.42 Å². The van der Waals surface area contributed by atoms with Gasteiger partial charge in [-0.05, 0) is 36.8 Å². The Hall–Kier alpha value is -3.76. The lowest BCUT2D eigenvalue weighted by molar-refractivity contribution is -0.174. The number of rotatable bonds is 4. The van der Waals surface area contributed by atoms with Gasteiger partial charge in [-0.25, -0.2) is 4.68 Å². The van der Waals surface area contributed by atoms with Gasteiger partial charge in [-0.1, -0.05) is 6.07 Å². The molecule has 1 aromatic carbocycles. The molecule has 0 fully saturated rings. The van der Waals surface area contributed by atoms with Crippen molar-refractivity contribution >= 4 is 29.0 Å². The fraction of sp³-hybridized carbons (Fsp3) is 0.286. The van der Waals surface area contributed by atoms with Crippen LogP contribution in [0.1, 0.15) is 47.2 Å². The summed E-state index contributed by atoms with van der Waals surface area (Å²) in [5.41, 5.74) is 1.49. The molecule has 0 aliphatic carbocycles. The molecule has 168 valence electrons. The molecule has 3 aromatic rings. The van der Waals surface area contributed by atoms with Gasteiger partial charge >= 0.3 is 6.18 Å². The lowest BCUT2D eigenvalue weighted by atomic mass is 10.0. The van der Waals surface area contributed by atoms with E-state index in [1.807, 2.05) is 0 Å². The van der Waals surface area contributed by atoms with Gasteiger partial charge in [0.2, 0.25) is 5.91 Å². The monoisotopic (exact) mass is 447 g/mol. The van der Waals surface area contributed by atoms with Crippen molar-refractivity contribution < 1.29 is 27.2 Å². The number of aryl methyl sites for hydroxylation is 1. The van der Waals surface area contributed by atoms with Crippen molar-refractivity contribution in [2.45, 2.75) is 38.5 Å². The van der Waals surface area contributed by atoms with Crippen LogP contribution in [0.25, 0.3) is 0 Å². The smallest absolute Gasteiger partial charge is 0.410 e. The maximum atomic E-state index is 13.7. The molecule has 2 atom stereocenters. The summed E-state index contributed by atoms with van der Waals surface area (Å²) in [5.74, 6) is -0.522. The molecule has 11 heteroatoms. The summed E-state index contributed by atoms with van der Waals surface area (Å²) >= 11 is 0. The van der Waals surface area contributed by atoms with Crippen molar-refractivity contribution in [3.8, 4) is 0 Å². The van der Waals surface area contributed by atoms with Crippen LogP contribution in [-0.2, 0) is 4.79 Å². The minimum atomic E-state index is -4.56. The Morgan fingerprint density at radius 1 is 1.22 bits per heavy atom. The van der Waals surface area contributed by atoms with E-state index in [0.29, 0.717) is 17.1 Å². The third kappa shape index (κ3) is 4.32. The Morgan fingerprint density at radius 2 is 2.00 bits per heavy atom. The summed E-state index contributed by atoms with van der Waals surface area (Å²) in [6, 6.07) is 6.72. The second-order valence-electron chi connectivity index (χ2n) is 7.53. The van der Waals surface area contributed by atoms with Gasteiger partial charge in [0.05, 0.1) is 12.3 Å². The van der Waals surface area contributed by atoms with Crippen molar-refractivity contribution in [3.63, 3.8) is 0 Å². The number of nitrogens with zero attached hydrogens (tertiary/aromatic N) is 2. The standard InChI is InChI=1S/C21H20F3N5O3/c1-11-5-6-13(8-14(11)25-12(2)30)26-20(31)16-10-19-27-15(17-4-3-7-32-17)9-18(21(22,23)24)29(19)28-16/h3-8,10,15,18,27H,9H2,1-2H3,(H,25,30)(H,26,31)/t15-,18+/m1/s1. The van der Waals surface area contributed by atoms with E-state index >= 15 is 0 Å². The van der Waals surface area contributed by atoms with Crippen molar-refractivity contribution in [1.29, 1.82) is 0 Å². The highest BCUT2D eigenvalue weighted by molar-refractivity contribution is 6.04. The van der Waals surface area contributed by atoms with Crippen molar-refractivity contribution in [2.24, 2.45) is 0 Å². The summed E-state index contributed by atoms with van der Waals surface area (Å²) < 4.78 is 47.2. The van der Waals surface area contributed by atoms with Crippen LogP contribution < -0.4 is 16.0 Å². The number of alkyl halides is 3. The molecule has 3 heterocycles. The summed E-state index contributed by atoms with van der Waals surface area (Å²) in [6.45, 7) is 3.15. The number of carbonyl (C=O) groups excluding carboxylic acids is 2. The highest BCUT2D eigenvalue weighted by Crippen LogP contribution is 2.43. The molecule has 0 bridgehead atoms. The van der Waals surface area contributed by atoms with Gasteiger partial charge in [-0.2, -0.15) is 18.3 Å². The first-order valence-corrected chi connectivity index (χ1v) is 9.77. The summed E-state index contributed by atoms with van der Waals surface area (Å²) in [5, 5.41) is 12.1. The van der Waals surface area contributed by atoms with Crippen LogP contribution in [0.15, 0.2) is 47.1 Å². The molecule has 0 saturated carbocycles. The predicted octanol–water partition coefficient (Wildman–Crippen LogP) is 4.66. The number of hydrogen-bond acceptors (Lipinski definition) is 5. The minimum Gasteiger partial charge on any atom is -0.467 e. The number of hydrogen-bond donors (Lipinski definition) is 3. The van der Waals surface area contributed by atoms with E-state index in [1.165, 1.54) is 19.3 Å². The topological polar surface area (TPSA) is 101 Å². The molecule has 0 saturated heterocycles. The molecule has 0 radical (unpaired) electrons. The number of amides is 2. The van der Waals surface area contributed by atoms with E-state index in [2.05, 4.69) is 21.0 Å². The zero-order chi connectivity index (χ0) is 23.0. The second-order valence-corrected chi connectivity index (χ2v) is 7.53. The quantitative estimate of drug-likeness (QED) is 0.540. The number of anilines is 3. The Bertz CT molecular complexity index is 1150. The van der Waals surface area contributed by atoms with Crippen LogP contribution in [0.4, 0.5) is 30.4 Å². The fourth-order valence-electron chi connectivity index (χ4n) is 3.58. The number of halogens is 3. The van der Waals surface area contributed by atoms with E-state index in [-0.39, 0.29) is 23.8 Å². The summed E-state index contributed by atoms with van der Waals surface area (Å²) in [7, 11) is 0. The van der Waals surface area contributed by atoms with Gasteiger partial charge < -0.3 is 20.4 Å². The lowest BCUT2D eigenvalue weighted by Gasteiger charge is -2.32. The van der Waals surface area contributed by atoms with Gasteiger partial charge in [0.15, 0.2) is 11.7 Å². The van der Waals surface area contributed by atoms with Gasteiger partial charge in [-0.3, -0.25) is 9.59 Å². The predicted molar refractivity (Wildman–Crippen MR) is 110 cm³/mol. The Balaban J connectivity index is 1.60. The highest BCUT2D eigenvalue weighted by atomic mass is 19.4. The molecule has 0 unspecified atom stereocenters. The maximum Gasteiger partial charge on any atom is 0.410 e. The summed E-state index contributed by atoms with van der Waals surface area (Å²) in [4.78, 5) is 24.1. The highest BCUT2D eigenvalue weighted by Gasteiger charge is 2.47. The largest absolute Gasteiger partial charge is 0.467 e. The van der Waals surface area contributed by atoms with Crippen LogP contribution in [0.3, 0.4) is 0 Å². The van der Waals surface area contributed by atoms with E-state index in [1.54, 1.807) is 37.3 Å². The number of nitrogens with one attached hydrogen (secondary N) is 3. The second kappa shape index (κ2) is 8.06. The molecule has 3 N–H and O–H groups in total. The normalized spacial score (nSPS) is 17.9. The number of aromatic nitrogens is 2. The number of carbonyl (C=O) groups is 2. The SMILES string of the molecule is CC(=O)Nc1cc(NC(=O)c2cc3n(n2)[C@H](C(F)(F)F)C[C@H](c2ccco2)N3)ccc1C. The van der Waals surface area contributed by atoms with Crippen LogP contribution in [-0.4, -0.2) is 27.8 Å². The van der Waals surface area contributed by atoms with Gasteiger partial charge in [0.1, 0.15) is 11.6 Å². The Kier molecular flexibility index (Phi) is 5.41. The van der Waals surface area contributed by atoms with Crippen LogP contribution in [0.5, 0.6) is 0 Å². The average molecular weight is 447 g/mol. The molecule has 0 spiro atoms. The number of benzene rings is 1. The molecule has 4 rings (SSSR count). The van der Waals surface area contributed by atoms with Gasteiger partial charge in [-0.15, -0.1) is 0 Å². The van der Waals surface area contributed by atoms with E-state index < -0.39 is 24.2 Å². The van der Waals surface area contributed by atoms with E-state index in [9.17, 15) is 22.8 Å². The first-order chi connectivity index (χ1) is 15.1. The molecular weight excluding hydrogens is 427 g/mol. The number of fused-ring (bicyclic) bond motifs is 1. The molecule has 1 aliphatic heterocycles. The minimum absolute atomic E-state index is 0.0629.